The highest BCUT2D eigenvalue weighted by atomic mass is 35.5. The number of halogens is 3. The Morgan fingerprint density at radius 1 is 1.43 bits per heavy atom. The highest BCUT2D eigenvalue weighted by Crippen LogP contribution is 2.22. The molecule has 0 aliphatic rings. The van der Waals surface area contributed by atoms with Crippen molar-refractivity contribution in [2.45, 2.75) is 5.38 Å². The first-order chi connectivity index (χ1) is 9.77. The quantitative estimate of drug-likeness (QED) is 0.382. The van der Waals surface area contributed by atoms with E-state index in [9.17, 15) is 28.5 Å². The molecule has 0 saturated heterocycles. The van der Waals surface area contributed by atoms with Crippen molar-refractivity contribution in [1.29, 1.82) is 0 Å². The van der Waals surface area contributed by atoms with Gasteiger partial charge in [0.25, 0.3) is 11.6 Å². The van der Waals surface area contributed by atoms with Gasteiger partial charge in [0.1, 0.15) is 10.9 Å². The molecule has 10 heteroatoms. The number of benzene rings is 1. The average Bonchev–Trinajstić information content (AvgIpc) is 2.45. The number of nitrogens with one attached hydrogen (secondary N) is 1. The molecule has 114 valence electrons. The number of ether oxygens (including phenoxy) is 1. The van der Waals surface area contributed by atoms with Gasteiger partial charge in [-0.05, 0) is 6.07 Å². The number of esters is 1. The molecule has 1 aromatic rings. The summed E-state index contributed by atoms with van der Waals surface area (Å²) in [4.78, 5) is 32.4. The lowest BCUT2D eigenvalue weighted by atomic mass is 10.1. The third kappa shape index (κ3) is 4.09. The number of nitro groups is 1. The number of amides is 1. The smallest absolute Gasteiger partial charge is 0.325 e. The Bertz CT molecular complexity index is 596. The highest BCUT2D eigenvalue weighted by Gasteiger charge is 2.25. The number of hydrogen-bond acceptors (Lipinski definition) is 5. The van der Waals surface area contributed by atoms with Crippen molar-refractivity contribution in [3.8, 4) is 0 Å². The van der Waals surface area contributed by atoms with E-state index in [0.717, 1.165) is 7.11 Å². The van der Waals surface area contributed by atoms with Gasteiger partial charge in [0.2, 0.25) is 0 Å². The number of carbonyl (C=O) groups is 2. The van der Waals surface area contributed by atoms with Crippen LogP contribution in [0.15, 0.2) is 12.1 Å². The molecule has 21 heavy (non-hydrogen) atoms. The Balaban J connectivity index is 2.94. The van der Waals surface area contributed by atoms with E-state index in [1.165, 1.54) is 0 Å². The second-order valence-corrected chi connectivity index (χ2v) is 4.27. The average molecular weight is 323 g/mol. The Kier molecular flexibility index (Phi) is 5.53. The molecule has 0 saturated carbocycles. The molecule has 1 amide bonds. The van der Waals surface area contributed by atoms with E-state index < -0.39 is 51.6 Å². The van der Waals surface area contributed by atoms with Crippen molar-refractivity contribution in [2.75, 3.05) is 13.7 Å². The van der Waals surface area contributed by atoms with E-state index in [2.05, 4.69) is 10.1 Å². The van der Waals surface area contributed by atoms with Crippen LogP contribution in [0, 0.1) is 21.7 Å². The highest BCUT2D eigenvalue weighted by molar-refractivity contribution is 6.30. The summed E-state index contributed by atoms with van der Waals surface area (Å²) in [6.07, 6.45) is 0. The lowest BCUT2D eigenvalue weighted by Crippen LogP contribution is -2.34. The number of carbonyl (C=O) groups excluding carboxylic acids is 2. The third-order valence-electron chi connectivity index (χ3n) is 2.38. The van der Waals surface area contributed by atoms with Gasteiger partial charge in [-0.3, -0.25) is 19.7 Å². The molecule has 0 aromatic heterocycles. The standard InChI is InChI=1S/C11H9ClF2N2O5/c1-21-11(18)6(12)4-15-10(17)5-2-7(13)8(14)3-9(5)16(19)20/h2-3,6H,4H2,1H3,(H,15,17). The van der Waals surface area contributed by atoms with Gasteiger partial charge >= 0.3 is 5.97 Å². The number of nitro benzene ring substituents is 1. The lowest BCUT2D eigenvalue weighted by Gasteiger charge is -2.09. The van der Waals surface area contributed by atoms with Crippen LogP contribution < -0.4 is 5.32 Å². The maximum Gasteiger partial charge on any atom is 0.325 e. The van der Waals surface area contributed by atoms with Gasteiger partial charge in [-0.2, -0.15) is 0 Å². The summed E-state index contributed by atoms with van der Waals surface area (Å²) >= 11 is 5.56. The Labute approximate surface area is 122 Å². The fourth-order valence-electron chi connectivity index (χ4n) is 1.36. The van der Waals surface area contributed by atoms with E-state index in [4.69, 9.17) is 11.6 Å². The molecule has 1 aromatic carbocycles. The van der Waals surface area contributed by atoms with E-state index in [0.29, 0.717) is 12.1 Å². The van der Waals surface area contributed by atoms with Gasteiger partial charge < -0.3 is 10.1 Å². The summed E-state index contributed by atoms with van der Waals surface area (Å²) in [5.41, 5.74) is -1.59. The van der Waals surface area contributed by atoms with Crippen LogP contribution in [0.4, 0.5) is 14.5 Å². The summed E-state index contributed by atoms with van der Waals surface area (Å²) in [6.45, 7) is -0.400. The van der Waals surface area contributed by atoms with Gasteiger partial charge in [-0.15, -0.1) is 11.6 Å². The van der Waals surface area contributed by atoms with Crippen LogP contribution in [-0.2, 0) is 9.53 Å². The predicted molar refractivity (Wildman–Crippen MR) is 67.0 cm³/mol. The summed E-state index contributed by atoms with van der Waals surface area (Å²) in [7, 11) is 1.08. The first-order valence-corrected chi connectivity index (χ1v) is 5.85. The molecule has 1 N–H and O–H groups in total. The van der Waals surface area contributed by atoms with Crippen molar-refractivity contribution in [2.24, 2.45) is 0 Å². The SMILES string of the molecule is COC(=O)C(Cl)CNC(=O)c1cc(F)c(F)cc1[N+](=O)[O-]. The van der Waals surface area contributed by atoms with E-state index in [1.807, 2.05) is 0 Å². The molecule has 1 rings (SSSR count). The Morgan fingerprint density at radius 3 is 2.52 bits per heavy atom. The maximum absolute atomic E-state index is 13.1. The van der Waals surface area contributed by atoms with Crippen LogP contribution in [-0.4, -0.2) is 35.8 Å². The second kappa shape index (κ2) is 6.93. The molecule has 0 heterocycles. The molecule has 7 nitrogen and oxygen atoms in total. The normalized spacial score (nSPS) is 11.6. The number of methoxy groups -OCH3 is 1. The summed E-state index contributed by atoms with van der Waals surface area (Å²) < 4.78 is 30.3. The second-order valence-electron chi connectivity index (χ2n) is 3.74. The van der Waals surface area contributed by atoms with Crippen LogP contribution in [0.3, 0.4) is 0 Å². The molecule has 0 spiro atoms. The van der Waals surface area contributed by atoms with Crippen LogP contribution in [0.5, 0.6) is 0 Å². The van der Waals surface area contributed by atoms with Crippen molar-refractivity contribution in [3.63, 3.8) is 0 Å². The minimum absolute atomic E-state index is 0.294. The van der Waals surface area contributed by atoms with Gasteiger partial charge in [0.05, 0.1) is 18.1 Å². The minimum atomic E-state index is -1.46. The predicted octanol–water partition coefficient (Wildman–Crippen LogP) is 1.38. The third-order valence-corrected chi connectivity index (χ3v) is 2.71. The fraction of sp³-hybridized carbons (Fsp3) is 0.273. The molecule has 0 aliphatic carbocycles. The number of alkyl halides is 1. The topological polar surface area (TPSA) is 98.5 Å². The molecular weight excluding hydrogens is 314 g/mol. The van der Waals surface area contributed by atoms with E-state index >= 15 is 0 Å². The first kappa shape index (κ1) is 16.8. The molecule has 1 unspecified atom stereocenters. The van der Waals surface area contributed by atoms with Crippen LogP contribution in [0.1, 0.15) is 10.4 Å². The van der Waals surface area contributed by atoms with E-state index in [-0.39, 0.29) is 0 Å². The number of hydrogen-bond donors (Lipinski definition) is 1. The monoisotopic (exact) mass is 322 g/mol. The minimum Gasteiger partial charge on any atom is -0.468 e. The molecule has 0 fully saturated rings. The van der Waals surface area contributed by atoms with Crippen molar-refractivity contribution < 1.29 is 28.0 Å². The number of nitrogens with zero attached hydrogens (tertiary/aromatic N) is 1. The maximum atomic E-state index is 13.1. The summed E-state index contributed by atoms with van der Waals surface area (Å²) in [5, 5.41) is 11.6. The van der Waals surface area contributed by atoms with Gasteiger partial charge in [0, 0.05) is 6.54 Å². The van der Waals surface area contributed by atoms with Crippen LogP contribution in [0.2, 0.25) is 0 Å². The van der Waals surface area contributed by atoms with Crippen LogP contribution >= 0.6 is 11.6 Å². The molecule has 0 bridgehead atoms. The zero-order chi connectivity index (χ0) is 16.2. The largest absolute Gasteiger partial charge is 0.468 e. The summed E-state index contributed by atoms with van der Waals surface area (Å²) in [6, 6.07) is 0.687. The Hall–Kier alpha value is -2.29. The molecule has 1 atom stereocenters. The zero-order valence-corrected chi connectivity index (χ0v) is 11.3. The number of rotatable bonds is 5. The Morgan fingerprint density at radius 2 is 2.00 bits per heavy atom. The van der Waals surface area contributed by atoms with Crippen LogP contribution in [0.25, 0.3) is 0 Å². The van der Waals surface area contributed by atoms with Crippen molar-refractivity contribution >= 4 is 29.2 Å². The van der Waals surface area contributed by atoms with E-state index in [1.54, 1.807) is 0 Å². The summed E-state index contributed by atoms with van der Waals surface area (Å²) in [5.74, 6) is -4.77. The van der Waals surface area contributed by atoms with Crippen molar-refractivity contribution in [3.05, 3.63) is 39.4 Å². The van der Waals surface area contributed by atoms with Gasteiger partial charge in [-0.1, -0.05) is 0 Å². The van der Waals surface area contributed by atoms with Gasteiger partial charge in [0.15, 0.2) is 11.6 Å². The molecule has 0 radical (unpaired) electrons. The molecular formula is C11H9ClF2N2O5. The van der Waals surface area contributed by atoms with Crippen molar-refractivity contribution in [1.82, 2.24) is 5.32 Å². The first-order valence-electron chi connectivity index (χ1n) is 5.41. The zero-order valence-electron chi connectivity index (χ0n) is 10.6. The fourth-order valence-corrected chi connectivity index (χ4v) is 1.52. The molecule has 0 aliphatic heterocycles. The lowest BCUT2D eigenvalue weighted by molar-refractivity contribution is -0.385. The van der Waals surface area contributed by atoms with Gasteiger partial charge in [-0.25, -0.2) is 8.78 Å².